The van der Waals surface area contributed by atoms with Crippen LogP contribution < -0.4 is 0 Å². The zero-order valence-electron chi connectivity index (χ0n) is 37.3. The average molecular weight is 769 g/mol. The number of hydrogen-bond donors (Lipinski definition) is 2. The normalized spacial score (nSPS) is 17.1. The van der Waals surface area contributed by atoms with E-state index in [-0.39, 0.29) is 11.9 Å². The van der Waals surface area contributed by atoms with E-state index in [0.717, 1.165) is 77.0 Å². The third-order valence-corrected chi connectivity index (χ3v) is 12.1. The largest absolute Gasteiger partial charge is 0.461 e. The number of rotatable bonds is 31. The molecule has 0 radical (unpaired) electrons. The minimum absolute atomic E-state index is 0.0429. The maximum absolute atomic E-state index is 12.6. The van der Waals surface area contributed by atoms with Crippen molar-refractivity contribution in [2.75, 3.05) is 13.2 Å². The van der Waals surface area contributed by atoms with Crippen molar-refractivity contribution in [3.63, 3.8) is 0 Å². The van der Waals surface area contributed by atoms with E-state index < -0.39 is 5.60 Å². The summed E-state index contributed by atoms with van der Waals surface area (Å²) >= 11 is 0. The van der Waals surface area contributed by atoms with Crippen LogP contribution in [-0.2, 0) is 9.53 Å². The molecule has 0 aromatic carbocycles. The van der Waals surface area contributed by atoms with Gasteiger partial charge in [0.15, 0.2) is 0 Å². The summed E-state index contributed by atoms with van der Waals surface area (Å²) in [6.45, 7) is 11.5. The predicted molar refractivity (Wildman–Crippen MR) is 240 cm³/mol. The van der Waals surface area contributed by atoms with Gasteiger partial charge in [0.05, 0.1) is 5.60 Å². The summed E-state index contributed by atoms with van der Waals surface area (Å²) in [5.74, 6) is 0.212. The van der Waals surface area contributed by atoms with E-state index in [4.69, 9.17) is 9.84 Å². The second kappa shape index (κ2) is 35.5. The van der Waals surface area contributed by atoms with Crippen molar-refractivity contribution in [2.24, 2.45) is 5.92 Å². The van der Waals surface area contributed by atoms with Crippen LogP contribution in [0.25, 0.3) is 0 Å². The molecule has 2 unspecified atom stereocenters. The molecule has 0 saturated carbocycles. The topological polar surface area (TPSA) is 66.8 Å². The van der Waals surface area contributed by atoms with Crippen LogP contribution in [0.1, 0.15) is 247 Å². The molecule has 4 nitrogen and oxygen atoms in total. The molecule has 0 saturated heterocycles. The van der Waals surface area contributed by atoms with Crippen LogP contribution in [0.5, 0.6) is 0 Å². The standard InChI is InChI=1S/C51H92O4/c1-45(2)32-31-42-51(5,54)49-40-38-46(3)33-29-35-48(36-30-34-47(4)39-41-49)44-55-50(53)37-27-25-23-21-19-17-15-13-11-9-7-6-8-10-12-14-16-18-20-22-24-26-28-43-52/h32-33,36,39,49,52,54H,6-31,34-35,37-38,40-44H2,1-5H3. The first-order chi connectivity index (χ1) is 26.6. The van der Waals surface area contributed by atoms with E-state index >= 15 is 0 Å². The van der Waals surface area contributed by atoms with Gasteiger partial charge in [-0.1, -0.05) is 176 Å². The van der Waals surface area contributed by atoms with Crippen molar-refractivity contribution in [1.82, 2.24) is 0 Å². The SMILES string of the molecule is CC(C)=CCCC(C)(O)C1CC=C(C)CCC=C(COC(=O)CCCCCCCCCCCCCCCCCCCCCCCCCO)CCC=C(C)CC1. The molecular formula is C51H92O4. The molecule has 2 N–H and O–H groups in total. The van der Waals surface area contributed by atoms with Gasteiger partial charge in [-0.25, -0.2) is 0 Å². The van der Waals surface area contributed by atoms with Crippen molar-refractivity contribution in [3.05, 3.63) is 46.6 Å². The van der Waals surface area contributed by atoms with Crippen LogP contribution in [0, 0.1) is 5.92 Å². The lowest BCUT2D eigenvalue weighted by atomic mass is 9.79. The Kier molecular flexibility index (Phi) is 33.2. The summed E-state index contributed by atoms with van der Waals surface area (Å²) in [5, 5.41) is 20.3. The van der Waals surface area contributed by atoms with Gasteiger partial charge in [0, 0.05) is 13.0 Å². The quantitative estimate of drug-likeness (QED) is 0.0419. The van der Waals surface area contributed by atoms with E-state index in [1.807, 2.05) is 6.92 Å². The van der Waals surface area contributed by atoms with Crippen LogP contribution in [0.15, 0.2) is 46.6 Å². The fourth-order valence-corrected chi connectivity index (χ4v) is 8.07. The molecule has 1 aliphatic carbocycles. The van der Waals surface area contributed by atoms with Gasteiger partial charge >= 0.3 is 5.97 Å². The van der Waals surface area contributed by atoms with Crippen LogP contribution in [0.3, 0.4) is 0 Å². The lowest BCUT2D eigenvalue weighted by molar-refractivity contribution is -0.142. The highest BCUT2D eigenvalue weighted by Crippen LogP contribution is 2.32. The number of carbonyl (C=O) groups excluding carboxylic acids is 1. The highest BCUT2D eigenvalue weighted by Gasteiger charge is 2.30. The van der Waals surface area contributed by atoms with E-state index in [9.17, 15) is 9.90 Å². The molecule has 4 heteroatoms. The van der Waals surface area contributed by atoms with E-state index in [2.05, 4.69) is 52.0 Å². The molecule has 320 valence electrons. The number of ether oxygens (including phenoxy) is 1. The monoisotopic (exact) mass is 769 g/mol. The molecule has 0 aliphatic heterocycles. The smallest absolute Gasteiger partial charge is 0.306 e. The highest BCUT2D eigenvalue weighted by atomic mass is 16.5. The first-order valence-electron chi connectivity index (χ1n) is 23.8. The lowest BCUT2D eigenvalue weighted by Crippen LogP contribution is -2.34. The fourth-order valence-electron chi connectivity index (χ4n) is 8.07. The first kappa shape index (κ1) is 51.4. The third-order valence-electron chi connectivity index (χ3n) is 12.1. The van der Waals surface area contributed by atoms with Crippen molar-refractivity contribution >= 4 is 5.97 Å². The van der Waals surface area contributed by atoms with Crippen molar-refractivity contribution in [1.29, 1.82) is 0 Å². The molecule has 0 heterocycles. The van der Waals surface area contributed by atoms with E-state index in [0.29, 0.717) is 19.6 Å². The Morgan fingerprint density at radius 3 is 1.62 bits per heavy atom. The first-order valence-corrected chi connectivity index (χ1v) is 23.8. The summed E-state index contributed by atoms with van der Waals surface area (Å²) in [6, 6.07) is 0. The summed E-state index contributed by atoms with van der Waals surface area (Å²) in [6.07, 6.45) is 48.9. The van der Waals surface area contributed by atoms with Gasteiger partial charge in [0.1, 0.15) is 6.61 Å². The van der Waals surface area contributed by atoms with Gasteiger partial charge in [0.2, 0.25) is 0 Å². The predicted octanol–water partition coefficient (Wildman–Crippen LogP) is 15.6. The van der Waals surface area contributed by atoms with Gasteiger partial charge in [-0.15, -0.1) is 0 Å². The van der Waals surface area contributed by atoms with Crippen LogP contribution >= 0.6 is 0 Å². The zero-order valence-corrected chi connectivity index (χ0v) is 37.3. The maximum atomic E-state index is 12.6. The molecule has 0 spiro atoms. The number of unbranched alkanes of at least 4 members (excludes halogenated alkanes) is 22. The molecule has 0 aromatic rings. The Labute approximate surface area is 342 Å². The van der Waals surface area contributed by atoms with E-state index in [1.54, 1.807) is 0 Å². The Balaban J connectivity index is 2.12. The average Bonchev–Trinajstić information content (AvgIpc) is 3.14. The third kappa shape index (κ3) is 32.0. The van der Waals surface area contributed by atoms with Crippen LogP contribution in [0.4, 0.5) is 0 Å². The maximum Gasteiger partial charge on any atom is 0.306 e. The second-order valence-corrected chi connectivity index (χ2v) is 18.0. The molecule has 2 atom stereocenters. The fraction of sp³-hybridized carbons (Fsp3) is 0.824. The summed E-state index contributed by atoms with van der Waals surface area (Å²) in [7, 11) is 0. The van der Waals surface area contributed by atoms with Crippen molar-refractivity contribution < 1.29 is 19.7 Å². The Morgan fingerprint density at radius 1 is 0.673 bits per heavy atom. The molecule has 0 fully saturated rings. The molecule has 1 aliphatic rings. The lowest BCUT2D eigenvalue weighted by Gasteiger charge is -2.33. The number of carbonyl (C=O) groups is 1. The number of hydrogen-bond acceptors (Lipinski definition) is 4. The van der Waals surface area contributed by atoms with Gasteiger partial charge in [-0.05, 0) is 117 Å². The van der Waals surface area contributed by atoms with Crippen molar-refractivity contribution in [2.45, 2.75) is 252 Å². The zero-order chi connectivity index (χ0) is 40.2. The van der Waals surface area contributed by atoms with Gasteiger partial charge < -0.3 is 14.9 Å². The molecule has 0 amide bonds. The van der Waals surface area contributed by atoms with Gasteiger partial charge in [-0.3, -0.25) is 4.79 Å². The van der Waals surface area contributed by atoms with Crippen LogP contribution in [-0.4, -0.2) is 35.0 Å². The Morgan fingerprint density at radius 2 is 1.13 bits per heavy atom. The summed E-state index contributed by atoms with van der Waals surface area (Å²) in [5.41, 5.74) is 4.67. The Hall–Kier alpha value is -1.65. The second-order valence-electron chi connectivity index (χ2n) is 18.0. The molecule has 0 aromatic heterocycles. The van der Waals surface area contributed by atoms with Crippen LogP contribution in [0.2, 0.25) is 0 Å². The number of aliphatic hydroxyl groups is 2. The minimum Gasteiger partial charge on any atom is -0.461 e. The Bertz CT molecular complexity index is 1040. The number of aliphatic hydroxyl groups excluding tert-OH is 1. The molecular weight excluding hydrogens is 677 g/mol. The number of esters is 1. The van der Waals surface area contributed by atoms with Gasteiger partial charge in [-0.2, -0.15) is 0 Å². The van der Waals surface area contributed by atoms with Gasteiger partial charge in [0.25, 0.3) is 0 Å². The molecule has 0 bridgehead atoms. The highest BCUT2D eigenvalue weighted by molar-refractivity contribution is 5.69. The molecule has 1 rings (SSSR count). The summed E-state index contributed by atoms with van der Waals surface area (Å²) in [4.78, 5) is 12.6. The minimum atomic E-state index is -0.668. The van der Waals surface area contributed by atoms with E-state index in [1.165, 1.54) is 151 Å². The molecule has 55 heavy (non-hydrogen) atoms. The summed E-state index contributed by atoms with van der Waals surface area (Å²) < 4.78 is 5.78. The van der Waals surface area contributed by atoms with Crippen molar-refractivity contribution in [3.8, 4) is 0 Å². The number of allylic oxidation sites excluding steroid dienone is 7.